The molecule has 0 aliphatic rings. The monoisotopic (exact) mass is 470 g/mol. The molecule has 164 valence electrons. The molecular formula is C21H18N4O5S2. The first-order valence-corrected chi connectivity index (χ1v) is 11.3. The molecule has 2 aromatic carbocycles. The minimum atomic E-state index is -0.652. The molecule has 2 heterocycles. The topological polar surface area (TPSA) is 120 Å². The van der Waals surface area contributed by atoms with E-state index in [2.05, 4.69) is 9.97 Å². The van der Waals surface area contributed by atoms with Gasteiger partial charge in [0.2, 0.25) is 0 Å². The summed E-state index contributed by atoms with van der Waals surface area (Å²) in [5, 5.41) is 13.4. The van der Waals surface area contributed by atoms with Crippen molar-refractivity contribution in [3.63, 3.8) is 0 Å². The van der Waals surface area contributed by atoms with E-state index in [1.54, 1.807) is 4.57 Å². The molecule has 0 radical (unpaired) electrons. The molecule has 0 unspecified atom stereocenters. The number of nitrogens with zero attached hydrogens (tertiary/aromatic N) is 3. The second-order valence-electron chi connectivity index (χ2n) is 6.88. The fourth-order valence-electron chi connectivity index (χ4n) is 3.15. The highest BCUT2D eigenvalue weighted by atomic mass is 32.2. The minimum absolute atomic E-state index is 0.0769. The number of thiazole rings is 1. The summed E-state index contributed by atoms with van der Waals surface area (Å²) >= 11 is 2.58. The van der Waals surface area contributed by atoms with Gasteiger partial charge in [0.25, 0.3) is 5.69 Å². The molecule has 0 amide bonds. The normalized spacial score (nSPS) is 11.0. The summed E-state index contributed by atoms with van der Waals surface area (Å²) in [6, 6.07) is 11.6. The van der Waals surface area contributed by atoms with Crippen molar-refractivity contribution in [3.8, 4) is 0 Å². The number of carbonyl (C=O) groups is 1. The fourth-order valence-corrected chi connectivity index (χ4v) is 5.03. The number of nitro benzene ring substituents is 1. The molecule has 0 aliphatic carbocycles. The average molecular weight is 471 g/mol. The summed E-state index contributed by atoms with van der Waals surface area (Å²) in [5.41, 5.74) is 2.06. The molecule has 1 N–H and O–H groups in total. The number of aromatic amines is 1. The first kappa shape index (κ1) is 21.8. The first-order chi connectivity index (χ1) is 15.4. The molecule has 4 rings (SSSR count). The van der Waals surface area contributed by atoms with Crippen LogP contribution in [0.1, 0.15) is 22.5 Å². The number of imidazole rings is 1. The average Bonchev–Trinajstić information content (AvgIpc) is 3.33. The van der Waals surface area contributed by atoms with Crippen LogP contribution in [-0.4, -0.2) is 32.0 Å². The lowest BCUT2D eigenvalue weighted by Gasteiger charge is -2.07. The number of ether oxygens (including phenoxy) is 1. The Morgan fingerprint density at radius 3 is 2.88 bits per heavy atom. The van der Waals surface area contributed by atoms with Crippen molar-refractivity contribution in [3.05, 3.63) is 79.7 Å². The standard InChI is InChI=1S/C21H18N4O5S2/c1-13-12-31-21(22-13)32-18-8-7-14(11-17(18)25(28)29)19(26)30-10-4-9-24-16-6-3-2-5-15(16)23-20(24)27/h2-3,5-8,11-12H,4,9-10H2,1H3,(H,23,27). The number of H-pyrrole nitrogens is 1. The Hall–Kier alpha value is -3.44. The van der Waals surface area contributed by atoms with Crippen molar-refractivity contribution in [2.24, 2.45) is 0 Å². The molecule has 2 aromatic heterocycles. The van der Waals surface area contributed by atoms with Gasteiger partial charge in [0.15, 0.2) is 4.34 Å². The second kappa shape index (κ2) is 9.37. The summed E-state index contributed by atoms with van der Waals surface area (Å²) in [4.78, 5) is 42.9. The summed E-state index contributed by atoms with van der Waals surface area (Å²) in [7, 11) is 0. The molecule has 4 aromatic rings. The van der Waals surface area contributed by atoms with Crippen LogP contribution in [0.4, 0.5) is 5.69 Å². The van der Waals surface area contributed by atoms with Crippen LogP contribution in [0.2, 0.25) is 0 Å². The highest BCUT2D eigenvalue weighted by Gasteiger charge is 2.20. The van der Waals surface area contributed by atoms with Crippen molar-refractivity contribution >= 4 is 45.8 Å². The number of nitrogens with one attached hydrogen (secondary N) is 1. The van der Waals surface area contributed by atoms with E-state index in [0.717, 1.165) is 16.7 Å². The zero-order chi connectivity index (χ0) is 22.7. The molecular weight excluding hydrogens is 452 g/mol. The Morgan fingerprint density at radius 2 is 2.12 bits per heavy atom. The third-order valence-corrected chi connectivity index (χ3v) is 6.75. The van der Waals surface area contributed by atoms with Crippen LogP contribution >= 0.6 is 23.1 Å². The van der Waals surface area contributed by atoms with E-state index in [0.29, 0.717) is 22.2 Å². The summed E-state index contributed by atoms with van der Waals surface area (Å²) < 4.78 is 7.54. The molecule has 0 bridgehead atoms. The van der Waals surface area contributed by atoms with Gasteiger partial charge in [-0.25, -0.2) is 14.6 Å². The lowest BCUT2D eigenvalue weighted by Crippen LogP contribution is -2.18. The molecule has 32 heavy (non-hydrogen) atoms. The van der Waals surface area contributed by atoms with Gasteiger partial charge in [-0.15, -0.1) is 11.3 Å². The molecule has 0 spiro atoms. The van der Waals surface area contributed by atoms with E-state index in [-0.39, 0.29) is 23.5 Å². The summed E-state index contributed by atoms with van der Waals surface area (Å²) in [6.45, 7) is 2.30. The van der Waals surface area contributed by atoms with Crippen molar-refractivity contribution in [2.45, 2.75) is 29.1 Å². The predicted molar refractivity (Wildman–Crippen MR) is 122 cm³/mol. The molecule has 9 nitrogen and oxygen atoms in total. The Balaban J connectivity index is 1.39. The Labute approximate surface area is 190 Å². The van der Waals surface area contributed by atoms with Gasteiger partial charge in [0.05, 0.1) is 33.0 Å². The van der Waals surface area contributed by atoms with Crippen molar-refractivity contribution < 1.29 is 14.5 Å². The Kier molecular flexibility index (Phi) is 6.37. The zero-order valence-corrected chi connectivity index (χ0v) is 18.6. The summed E-state index contributed by atoms with van der Waals surface area (Å²) in [6.07, 6.45) is 0.424. The van der Waals surface area contributed by atoms with Gasteiger partial charge in [-0.1, -0.05) is 23.9 Å². The van der Waals surface area contributed by atoms with Gasteiger partial charge in [-0.3, -0.25) is 14.7 Å². The van der Waals surface area contributed by atoms with E-state index in [1.807, 2.05) is 36.6 Å². The van der Waals surface area contributed by atoms with Gasteiger partial charge < -0.3 is 9.72 Å². The molecule has 0 fully saturated rings. The molecule has 0 atom stereocenters. The van der Waals surface area contributed by atoms with E-state index >= 15 is 0 Å². The second-order valence-corrected chi connectivity index (χ2v) is 9.03. The molecule has 11 heteroatoms. The number of nitro groups is 1. The number of hydrogen-bond donors (Lipinski definition) is 1. The van der Waals surface area contributed by atoms with E-state index in [9.17, 15) is 19.7 Å². The highest BCUT2D eigenvalue weighted by molar-refractivity contribution is 8.01. The van der Waals surface area contributed by atoms with Crippen LogP contribution in [0, 0.1) is 17.0 Å². The zero-order valence-electron chi connectivity index (χ0n) is 16.9. The predicted octanol–water partition coefficient (Wildman–Crippen LogP) is 4.40. The number of hydrogen-bond acceptors (Lipinski definition) is 8. The molecule has 0 saturated heterocycles. The number of aromatic nitrogens is 3. The molecule has 0 aliphatic heterocycles. The van der Waals surface area contributed by atoms with Crippen molar-refractivity contribution in [1.82, 2.24) is 14.5 Å². The maximum Gasteiger partial charge on any atom is 0.338 e. The Bertz CT molecular complexity index is 1360. The summed E-state index contributed by atoms with van der Waals surface area (Å²) in [5.74, 6) is -0.652. The van der Waals surface area contributed by atoms with E-state index in [1.165, 1.54) is 41.3 Å². The lowest BCUT2D eigenvalue weighted by molar-refractivity contribution is -0.387. The van der Waals surface area contributed by atoms with Gasteiger partial charge in [-0.2, -0.15) is 0 Å². The van der Waals surface area contributed by atoms with Gasteiger partial charge >= 0.3 is 11.7 Å². The number of para-hydroxylation sites is 2. The maximum absolute atomic E-state index is 12.4. The number of rotatable bonds is 8. The van der Waals surface area contributed by atoms with Gasteiger partial charge in [0.1, 0.15) is 0 Å². The van der Waals surface area contributed by atoms with E-state index in [4.69, 9.17) is 4.74 Å². The number of esters is 1. The Morgan fingerprint density at radius 1 is 1.31 bits per heavy atom. The third kappa shape index (κ3) is 4.73. The van der Waals surface area contributed by atoms with Crippen LogP contribution in [0.15, 0.2) is 61.9 Å². The largest absolute Gasteiger partial charge is 0.462 e. The van der Waals surface area contributed by atoms with Gasteiger partial charge in [0, 0.05) is 23.7 Å². The number of aryl methyl sites for hydroxylation is 2. The number of fused-ring (bicyclic) bond motifs is 1. The number of benzene rings is 2. The fraction of sp³-hybridized carbons (Fsp3) is 0.190. The number of carbonyl (C=O) groups excluding carboxylic acids is 1. The molecule has 0 saturated carbocycles. The van der Waals surface area contributed by atoms with Crippen LogP contribution in [-0.2, 0) is 11.3 Å². The minimum Gasteiger partial charge on any atom is -0.462 e. The smallest absolute Gasteiger partial charge is 0.338 e. The van der Waals surface area contributed by atoms with Gasteiger partial charge in [-0.05, 0) is 37.6 Å². The lowest BCUT2D eigenvalue weighted by atomic mass is 10.2. The van der Waals surface area contributed by atoms with Crippen molar-refractivity contribution in [2.75, 3.05) is 6.61 Å². The van der Waals surface area contributed by atoms with Crippen LogP contribution < -0.4 is 5.69 Å². The SMILES string of the molecule is Cc1csc(Sc2ccc(C(=O)OCCCn3c(=O)[nH]c4ccccc43)cc2[N+](=O)[O-])n1. The highest BCUT2D eigenvalue weighted by Crippen LogP contribution is 2.36. The van der Waals surface area contributed by atoms with Crippen LogP contribution in [0.5, 0.6) is 0 Å². The van der Waals surface area contributed by atoms with Crippen molar-refractivity contribution in [1.29, 1.82) is 0 Å². The van der Waals surface area contributed by atoms with E-state index < -0.39 is 10.9 Å². The maximum atomic E-state index is 12.4. The van der Waals surface area contributed by atoms with Crippen LogP contribution in [0.3, 0.4) is 0 Å². The first-order valence-electron chi connectivity index (χ1n) is 9.65. The van der Waals surface area contributed by atoms with Crippen LogP contribution in [0.25, 0.3) is 11.0 Å². The quantitative estimate of drug-likeness (QED) is 0.175. The third-order valence-electron chi connectivity index (χ3n) is 4.63.